The molecule has 4 rings (SSSR count). The Hall–Kier alpha value is -2.52. The molecule has 26 heavy (non-hydrogen) atoms. The van der Waals surface area contributed by atoms with Gasteiger partial charge in [0.2, 0.25) is 0 Å². The number of pyridine rings is 1. The lowest BCUT2D eigenvalue weighted by Gasteiger charge is -2.15. The van der Waals surface area contributed by atoms with Gasteiger partial charge in [0.15, 0.2) is 0 Å². The second-order valence-electron chi connectivity index (χ2n) is 5.85. The lowest BCUT2D eigenvalue weighted by atomic mass is 10.0. The number of carboxylic acid groups (broad SMARTS) is 1. The molecule has 10 heteroatoms. The fourth-order valence-electron chi connectivity index (χ4n) is 3.22. The number of halogens is 2. The van der Waals surface area contributed by atoms with Crippen LogP contribution in [0.1, 0.15) is 18.2 Å². The quantitative estimate of drug-likeness (QED) is 0.676. The zero-order valence-corrected chi connectivity index (χ0v) is 15.5. The van der Waals surface area contributed by atoms with Gasteiger partial charge in [0.05, 0.1) is 10.2 Å². The highest BCUT2D eigenvalue weighted by Crippen LogP contribution is 2.36. The Morgan fingerprint density at radius 1 is 1.31 bits per heavy atom. The van der Waals surface area contributed by atoms with Crippen LogP contribution in [0.25, 0.3) is 16.8 Å². The van der Waals surface area contributed by atoms with E-state index in [1.807, 2.05) is 6.07 Å². The summed E-state index contributed by atoms with van der Waals surface area (Å²) in [6.45, 7) is 0. The lowest BCUT2D eigenvalue weighted by Crippen LogP contribution is -2.28. The van der Waals surface area contributed by atoms with Crippen molar-refractivity contribution in [3.05, 3.63) is 56.1 Å². The van der Waals surface area contributed by atoms with Crippen LogP contribution < -0.4 is 5.56 Å². The number of rotatable bonds is 3. The van der Waals surface area contributed by atoms with Gasteiger partial charge in [-0.1, -0.05) is 11.6 Å². The fraction of sp³-hybridized carbons (Fsp3) is 0.188. The Balaban J connectivity index is 1.97. The maximum atomic E-state index is 12.8. The Labute approximate surface area is 160 Å². The van der Waals surface area contributed by atoms with Gasteiger partial charge in [-0.3, -0.25) is 9.36 Å². The van der Waals surface area contributed by atoms with E-state index in [4.69, 9.17) is 11.6 Å². The molecule has 0 saturated carbocycles. The van der Waals surface area contributed by atoms with E-state index >= 15 is 0 Å². The van der Waals surface area contributed by atoms with Crippen molar-refractivity contribution in [1.82, 2.24) is 24.8 Å². The van der Waals surface area contributed by atoms with Crippen molar-refractivity contribution < 1.29 is 9.90 Å². The van der Waals surface area contributed by atoms with E-state index in [0.29, 0.717) is 40.4 Å². The van der Waals surface area contributed by atoms with Crippen LogP contribution in [0.2, 0.25) is 5.02 Å². The van der Waals surface area contributed by atoms with Gasteiger partial charge in [-0.15, -0.1) is 5.10 Å². The van der Waals surface area contributed by atoms with Crippen LogP contribution in [0.3, 0.4) is 0 Å². The summed E-state index contributed by atoms with van der Waals surface area (Å²) in [5, 5.41) is 21.0. The third-order valence-corrected chi connectivity index (χ3v) is 5.38. The average Bonchev–Trinajstić information content (AvgIpc) is 3.27. The smallest absolute Gasteiger partial charge is 0.326 e. The molecule has 0 fully saturated rings. The fourth-order valence-corrected chi connectivity index (χ4v) is 3.92. The van der Waals surface area contributed by atoms with Crippen molar-refractivity contribution in [2.24, 2.45) is 0 Å². The van der Waals surface area contributed by atoms with E-state index in [1.165, 1.54) is 15.6 Å². The summed E-state index contributed by atoms with van der Waals surface area (Å²) < 4.78 is 3.08. The van der Waals surface area contributed by atoms with Crippen LogP contribution in [0.4, 0.5) is 0 Å². The van der Waals surface area contributed by atoms with Crippen LogP contribution in [0.5, 0.6) is 0 Å². The van der Waals surface area contributed by atoms with Crippen LogP contribution in [0, 0.1) is 0 Å². The molecular weight excluding hydrogens is 426 g/mol. The summed E-state index contributed by atoms with van der Waals surface area (Å²) in [4.78, 5) is 24.2. The summed E-state index contributed by atoms with van der Waals surface area (Å²) in [5.74, 6) is -1.01. The number of tetrazole rings is 1. The molecule has 1 aliphatic rings. The first-order valence-corrected chi connectivity index (χ1v) is 8.84. The maximum Gasteiger partial charge on any atom is 0.326 e. The normalized spacial score (nSPS) is 15.8. The molecule has 0 aliphatic carbocycles. The van der Waals surface area contributed by atoms with E-state index in [0.717, 1.165) is 0 Å². The zero-order chi connectivity index (χ0) is 18.4. The first-order chi connectivity index (χ1) is 12.5. The lowest BCUT2D eigenvalue weighted by molar-refractivity contribution is -0.140. The first kappa shape index (κ1) is 16.9. The minimum atomic E-state index is -1.01. The van der Waals surface area contributed by atoms with E-state index in [9.17, 15) is 14.7 Å². The van der Waals surface area contributed by atoms with Gasteiger partial charge in [0.25, 0.3) is 5.56 Å². The van der Waals surface area contributed by atoms with Crippen LogP contribution in [0.15, 0.2) is 39.9 Å². The van der Waals surface area contributed by atoms with Crippen LogP contribution in [-0.4, -0.2) is 35.9 Å². The second-order valence-corrected chi connectivity index (χ2v) is 7.08. The van der Waals surface area contributed by atoms with E-state index in [2.05, 4.69) is 31.5 Å². The number of aromatic nitrogens is 5. The molecule has 0 unspecified atom stereocenters. The number of benzene rings is 1. The average molecular weight is 437 g/mol. The molecule has 0 amide bonds. The molecular formula is C16H11BrClN5O3. The van der Waals surface area contributed by atoms with Crippen molar-refractivity contribution in [3.63, 3.8) is 0 Å². The molecule has 1 aliphatic heterocycles. The Morgan fingerprint density at radius 2 is 2.12 bits per heavy atom. The minimum absolute atomic E-state index is 0.269. The number of carboxylic acids is 1. The van der Waals surface area contributed by atoms with E-state index < -0.39 is 12.0 Å². The second kappa shape index (κ2) is 6.33. The number of aliphatic carboxylic acids is 1. The predicted octanol–water partition coefficient (Wildman–Crippen LogP) is 2.48. The van der Waals surface area contributed by atoms with Crippen molar-refractivity contribution in [3.8, 4) is 16.8 Å². The van der Waals surface area contributed by atoms with Gasteiger partial charge in [0, 0.05) is 21.8 Å². The van der Waals surface area contributed by atoms with Crippen LogP contribution >= 0.6 is 27.5 Å². The van der Waals surface area contributed by atoms with Gasteiger partial charge in [-0.25, -0.2) is 4.79 Å². The molecule has 8 nitrogen and oxygen atoms in total. The van der Waals surface area contributed by atoms with Crippen LogP contribution in [-0.2, 0) is 11.2 Å². The summed E-state index contributed by atoms with van der Waals surface area (Å²) in [5.41, 5.74) is 2.21. The van der Waals surface area contributed by atoms with Crippen molar-refractivity contribution in [2.75, 3.05) is 0 Å². The van der Waals surface area contributed by atoms with E-state index in [-0.39, 0.29) is 10.0 Å². The van der Waals surface area contributed by atoms with E-state index in [1.54, 1.807) is 18.2 Å². The SMILES string of the molecule is O=C(O)[C@@H]1CCc2cc(-c3cc(Cl)ccc3-n3cnnn3)c(Br)c(=O)n21. The Kier molecular flexibility index (Phi) is 4.12. The molecule has 1 aromatic carbocycles. The summed E-state index contributed by atoms with van der Waals surface area (Å²) in [6.07, 6.45) is 2.34. The third-order valence-electron chi connectivity index (χ3n) is 4.38. The van der Waals surface area contributed by atoms with Crippen molar-refractivity contribution in [1.29, 1.82) is 0 Å². The van der Waals surface area contributed by atoms with Gasteiger partial charge in [-0.05, 0) is 63.5 Å². The zero-order valence-electron chi connectivity index (χ0n) is 13.1. The minimum Gasteiger partial charge on any atom is -0.480 e. The Bertz CT molecular complexity index is 1080. The molecule has 0 saturated heterocycles. The standard InChI is InChI=1S/C16H11BrClN5O3/c17-14-11(6-9-2-4-13(16(25)26)23(9)15(14)24)10-5-8(18)1-3-12(10)22-7-19-20-21-22/h1,3,5-7,13H,2,4H2,(H,25,26)/t13-/m0/s1. The molecule has 1 atom stereocenters. The summed E-state index contributed by atoms with van der Waals surface area (Å²) >= 11 is 9.50. The molecule has 2 aromatic heterocycles. The van der Waals surface area contributed by atoms with Gasteiger partial charge in [-0.2, -0.15) is 4.68 Å². The number of carbonyl (C=O) groups is 1. The summed E-state index contributed by atoms with van der Waals surface area (Å²) in [6, 6.07) is 6.15. The highest BCUT2D eigenvalue weighted by atomic mass is 79.9. The molecule has 0 radical (unpaired) electrons. The first-order valence-electron chi connectivity index (χ1n) is 7.67. The van der Waals surface area contributed by atoms with Gasteiger partial charge >= 0.3 is 5.97 Å². The maximum absolute atomic E-state index is 12.8. The monoisotopic (exact) mass is 435 g/mol. The highest BCUT2D eigenvalue weighted by Gasteiger charge is 2.31. The van der Waals surface area contributed by atoms with Crippen molar-refractivity contribution >= 4 is 33.5 Å². The summed E-state index contributed by atoms with van der Waals surface area (Å²) in [7, 11) is 0. The largest absolute Gasteiger partial charge is 0.480 e. The highest BCUT2D eigenvalue weighted by molar-refractivity contribution is 9.10. The number of fused-ring (bicyclic) bond motifs is 1. The molecule has 0 bridgehead atoms. The Morgan fingerprint density at radius 3 is 2.81 bits per heavy atom. The van der Waals surface area contributed by atoms with Crippen molar-refractivity contribution in [2.45, 2.75) is 18.9 Å². The topological polar surface area (TPSA) is 103 Å². The van der Waals surface area contributed by atoms with Gasteiger partial charge < -0.3 is 5.11 Å². The number of hydrogen-bond donors (Lipinski definition) is 1. The number of nitrogens with zero attached hydrogens (tertiary/aromatic N) is 5. The molecule has 132 valence electrons. The number of aryl methyl sites for hydroxylation is 1. The molecule has 3 heterocycles. The van der Waals surface area contributed by atoms with Gasteiger partial charge in [0.1, 0.15) is 12.4 Å². The molecule has 1 N–H and O–H groups in total. The molecule has 0 spiro atoms. The third kappa shape index (κ3) is 2.63. The number of hydrogen-bond acceptors (Lipinski definition) is 5. The predicted molar refractivity (Wildman–Crippen MR) is 96.6 cm³/mol. The molecule has 3 aromatic rings.